The van der Waals surface area contributed by atoms with Crippen LogP contribution < -0.4 is 11.1 Å². The van der Waals surface area contributed by atoms with E-state index in [4.69, 9.17) is 5.73 Å². The molecule has 0 saturated carbocycles. The summed E-state index contributed by atoms with van der Waals surface area (Å²) in [7, 11) is 1.82. The van der Waals surface area contributed by atoms with Gasteiger partial charge in [0.05, 0.1) is 11.8 Å². The molecular formula is C25H25N7O2S. The van der Waals surface area contributed by atoms with Crippen LogP contribution in [0.5, 0.6) is 0 Å². The molecule has 9 nitrogen and oxygen atoms in total. The van der Waals surface area contributed by atoms with Crippen LogP contribution in [0.2, 0.25) is 0 Å². The van der Waals surface area contributed by atoms with E-state index in [2.05, 4.69) is 20.4 Å². The number of hydrogen-bond donors (Lipinski definition) is 2. The SMILES string of the molecule is Cc1csc(-c2ccc(C(=O)N3CC[C@@H](NC(=O)c4cc(-c5cnn(C)c5)cnc4N)C3)cc2)n1. The molecule has 0 aliphatic carbocycles. The highest BCUT2D eigenvalue weighted by molar-refractivity contribution is 7.13. The fraction of sp³-hybridized carbons (Fsp3) is 0.240. The zero-order valence-corrected chi connectivity index (χ0v) is 20.2. The summed E-state index contributed by atoms with van der Waals surface area (Å²) in [4.78, 5) is 36.4. The summed E-state index contributed by atoms with van der Waals surface area (Å²) in [6, 6.07) is 9.06. The minimum Gasteiger partial charge on any atom is -0.383 e. The van der Waals surface area contributed by atoms with Gasteiger partial charge in [0.15, 0.2) is 0 Å². The predicted octanol–water partition coefficient (Wildman–Crippen LogP) is 3.14. The topological polar surface area (TPSA) is 119 Å². The quantitative estimate of drug-likeness (QED) is 0.446. The second-order valence-corrected chi connectivity index (χ2v) is 9.50. The van der Waals surface area contributed by atoms with E-state index >= 15 is 0 Å². The van der Waals surface area contributed by atoms with Gasteiger partial charge in [-0.2, -0.15) is 5.10 Å². The Balaban J connectivity index is 1.23. The van der Waals surface area contributed by atoms with Crippen LogP contribution in [0, 0.1) is 6.92 Å². The highest BCUT2D eigenvalue weighted by atomic mass is 32.1. The number of benzene rings is 1. The van der Waals surface area contributed by atoms with Gasteiger partial charge in [-0.25, -0.2) is 9.97 Å². The Hall–Kier alpha value is -4.05. The van der Waals surface area contributed by atoms with Crippen LogP contribution >= 0.6 is 11.3 Å². The van der Waals surface area contributed by atoms with E-state index in [9.17, 15) is 9.59 Å². The monoisotopic (exact) mass is 487 g/mol. The average molecular weight is 488 g/mol. The smallest absolute Gasteiger partial charge is 0.255 e. The third kappa shape index (κ3) is 4.78. The number of nitrogens with two attached hydrogens (primary N) is 1. The van der Waals surface area contributed by atoms with Crippen LogP contribution in [-0.4, -0.2) is 55.6 Å². The first kappa shape index (κ1) is 22.7. The summed E-state index contributed by atoms with van der Waals surface area (Å²) >= 11 is 1.58. The van der Waals surface area contributed by atoms with Crippen molar-refractivity contribution >= 4 is 29.0 Å². The number of hydrogen-bond acceptors (Lipinski definition) is 7. The van der Waals surface area contributed by atoms with Crippen molar-refractivity contribution in [3.05, 3.63) is 71.1 Å². The Morgan fingerprint density at radius 3 is 2.63 bits per heavy atom. The molecule has 3 aromatic heterocycles. The molecule has 4 heterocycles. The summed E-state index contributed by atoms with van der Waals surface area (Å²) in [5.74, 6) is -0.192. The maximum atomic E-state index is 13.0. The Morgan fingerprint density at radius 1 is 1.14 bits per heavy atom. The molecule has 35 heavy (non-hydrogen) atoms. The molecule has 0 unspecified atom stereocenters. The van der Waals surface area contributed by atoms with E-state index in [-0.39, 0.29) is 23.7 Å². The molecule has 1 fully saturated rings. The molecule has 0 radical (unpaired) electrons. The molecule has 10 heteroatoms. The highest BCUT2D eigenvalue weighted by Gasteiger charge is 2.29. The van der Waals surface area contributed by atoms with Gasteiger partial charge in [0.1, 0.15) is 10.8 Å². The summed E-state index contributed by atoms with van der Waals surface area (Å²) in [5, 5.41) is 10.1. The fourth-order valence-corrected chi connectivity index (χ4v) is 4.94. The third-order valence-corrected chi connectivity index (χ3v) is 7.02. The summed E-state index contributed by atoms with van der Waals surface area (Å²) < 4.78 is 1.68. The van der Waals surface area contributed by atoms with Gasteiger partial charge in [0.25, 0.3) is 11.8 Å². The van der Waals surface area contributed by atoms with E-state index in [1.54, 1.807) is 39.4 Å². The lowest BCUT2D eigenvalue weighted by Gasteiger charge is -2.18. The first-order valence-corrected chi connectivity index (χ1v) is 12.1. The lowest BCUT2D eigenvalue weighted by Crippen LogP contribution is -2.38. The van der Waals surface area contributed by atoms with Crippen molar-refractivity contribution in [1.29, 1.82) is 0 Å². The maximum absolute atomic E-state index is 13.0. The number of nitrogen functional groups attached to an aromatic ring is 1. The van der Waals surface area contributed by atoms with E-state index in [0.717, 1.165) is 27.4 Å². The predicted molar refractivity (Wildman–Crippen MR) is 135 cm³/mol. The number of pyridine rings is 1. The van der Waals surface area contributed by atoms with Crippen LogP contribution in [0.3, 0.4) is 0 Å². The molecule has 0 spiro atoms. The minimum absolute atomic E-state index is 0.0524. The van der Waals surface area contributed by atoms with E-state index in [1.165, 1.54) is 0 Å². The number of nitrogens with one attached hydrogen (secondary N) is 1. The molecule has 1 aromatic carbocycles. The van der Waals surface area contributed by atoms with Gasteiger partial charge in [-0.1, -0.05) is 12.1 Å². The molecular weight excluding hydrogens is 462 g/mol. The zero-order valence-electron chi connectivity index (χ0n) is 19.4. The first-order valence-electron chi connectivity index (χ1n) is 11.2. The average Bonchev–Trinajstić information content (AvgIpc) is 3.60. The first-order chi connectivity index (χ1) is 16.9. The largest absolute Gasteiger partial charge is 0.383 e. The molecule has 178 valence electrons. The normalized spacial score (nSPS) is 15.4. The number of thiazole rings is 1. The van der Waals surface area contributed by atoms with Gasteiger partial charge in [-0.3, -0.25) is 14.3 Å². The van der Waals surface area contributed by atoms with Crippen LogP contribution in [0.1, 0.15) is 32.8 Å². The van der Waals surface area contributed by atoms with Gasteiger partial charge in [0, 0.05) is 71.9 Å². The number of nitrogens with zero attached hydrogens (tertiary/aromatic N) is 5. The van der Waals surface area contributed by atoms with Crippen LogP contribution in [0.25, 0.3) is 21.7 Å². The van der Waals surface area contributed by atoms with Gasteiger partial charge >= 0.3 is 0 Å². The number of likely N-dealkylation sites (tertiary alicyclic amines) is 1. The maximum Gasteiger partial charge on any atom is 0.255 e. The summed E-state index contributed by atoms with van der Waals surface area (Å²) in [6.07, 6.45) is 5.85. The lowest BCUT2D eigenvalue weighted by atomic mass is 10.1. The van der Waals surface area contributed by atoms with E-state index in [0.29, 0.717) is 30.6 Å². The molecule has 1 saturated heterocycles. The molecule has 1 aliphatic rings. The van der Waals surface area contributed by atoms with Gasteiger partial charge in [-0.05, 0) is 31.5 Å². The van der Waals surface area contributed by atoms with Gasteiger partial charge in [0.2, 0.25) is 0 Å². The Labute approximate surface area is 206 Å². The molecule has 1 aliphatic heterocycles. The zero-order chi connectivity index (χ0) is 24.5. The molecule has 0 bridgehead atoms. The van der Waals surface area contributed by atoms with Gasteiger partial charge in [-0.15, -0.1) is 11.3 Å². The second kappa shape index (κ2) is 9.30. The number of amides is 2. The van der Waals surface area contributed by atoms with Crippen molar-refractivity contribution in [3.63, 3.8) is 0 Å². The van der Waals surface area contributed by atoms with Crippen molar-refractivity contribution in [2.45, 2.75) is 19.4 Å². The van der Waals surface area contributed by atoms with Crippen LogP contribution in [0.15, 0.2) is 54.3 Å². The molecule has 2 amide bonds. The molecule has 1 atom stereocenters. The number of anilines is 1. The minimum atomic E-state index is -0.303. The molecule has 4 aromatic rings. The summed E-state index contributed by atoms with van der Waals surface area (Å²) in [6.45, 7) is 2.97. The van der Waals surface area contributed by atoms with Crippen molar-refractivity contribution in [1.82, 2.24) is 30.0 Å². The van der Waals surface area contributed by atoms with Crippen molar-refractivity contribution in [3.8, 4) is 21.7 Å². The number of aromatic nitrogens is 4. The van der Waals surface area contributed by atoms with Crippen LogP contribution in [-0.2, 0) is 7.05 Å². The lowest BCUT2D eigenvalue weighted by molar-refractivity contribution is 0.0783. The summed E-state index contributed by atoms with van der Waals surface area (Å²) in [5.41, 5.74) is 10.5. The van der Waals surface area contributed by atoms with E-state index < -0.39 is 0 Å². The Bertz CT molecular complexity index is 1390. The third-order valence-electron chi connectivity index (χ3n) is 6.01. The Kier molecular flexibility index (Phi) is 6.04. The van der Waals surface area contributed by atoms with Crippen LogP contribution in [0.4, 0.5) is 5.82 Å². The number of rotatable bonds is 5. The van der Waals surface area contributed by atoms with Crippen molar-refractivity contribution < 1.29 is 9.59 Å². The number of aryl methyl sites for hydroxylation is 2. The number of carbonyl (C=O) groups is 2. The molecule has 3 N–H and O–H groups in total. The van der Waals surface area contributed by atoms with Crippen molar-refractivity contribution in [2.24, 2.45) is 7.05 Å². The standard InChI is InChI=1S/C25H25N7O2S/c1-15-14-35-24(29-15)16-3-5-17(6-4-16)25(34)32-8-7-20(13-32)30-23(33)21-9-18(10-27-22(21)26)19-11-28-31(2)12-19/h3-6,9-12,14,20H,7-8,13H2,1-2H3,(H2,26,27)(H,30,33)/t20-/m1/s1. The number of carbonyl (C=O) groups excluding carboxylic acids is 2. The molecule has 5 rings (SSSR count). The Morgan fingerprint density at radius 2 is 1.94 bits per heavy atom. The second-order valence-electron chi connectivity index (χ2n) is 8.64. The highest BCUT2D eigenvalue weighted by Crippen LogP contribution is 2.25. The van der Waals surface area contributed by atoms with E-state index in [1.807, 2.05) is 49.8 Å². The van der Waals surface area contributed by atoms with Crippen molar-refractivity contribution in [2.75, 3.05) is 18.8 Å². The fourth-order valence-electron chi connectivity index (χ4n) is 4.14. The van der Waals surface area contributed by atoms with Gasteiger partial charge < -0.3 is 16.0 Å².